The number of hydrogen-bond donors (Lipinski definition) is 0. The van der Waals surface area contributed by atoms with Gasteiger partial charge in [-0.3, -0.25) is 9.69 Å². The highest BCUT2D eigenvalue weighted by Gasteiger charge is 2.26. The minimum absolute atomic E-state index is 0.113. The maximum atomic E-state index is 13.6. The SMILES string of the molecule is COCCN(CCOC)S(=O)(=O)c1ccc(C(=O)N(CCN(C)C)c2nc3cc(C)c(C)cc3s2)cc1. The van der Waals surface area contributed by atoms with E-state index in [-0.39, 0.29) is 37.1 Å². The summed E-state index contributed by atoms with van der Waals surface area (Å²) < 4.78 is 38.9. The van der Waals surface area contributed by atoms with E-state index in [0.717, 1.165) is 15.8 Å². The van der Waals surface area contributed by atoms with E-state index in [0.29, 0.717) is 23.8 Å². The van der Waals surface area contributed by atoms with E-state index in [9.17, 15) is 13.2 Å². The van der Waals surface area contributed by atoms with Crippen molar-refractivity contribution in [1.29, 1.82) is 0 Å². The molecule has 1 heterocycles. The lowest BCUT2D eigenvalue weighted by molar-refractivity contribution is 0.0985. The van der Waals surface area contributed by atoms with Crippen LogP contribution in [0.2, 0.25) is 0 Å². The van der Waals surface area contributed by atoms with Crippen LogP contribution in [-0.4, -0.2) is 96.2 Å². The van der Waals surface area contributed by atoms with E-state index >= 15 is 0 Å². The number of carbonyl (C=O) groups excluding carboxylic acids is 1. The quantitative estimate of drug-likeness (QED) is 0.323. The van der Waals surface area contributed by atoms with Crippen molar-refractivity contribution < 1.29 is 22.7 Å². The lowest BCUT2D eigenvalue weighted by atomic mass is 10.1. The van der Waals surface area contributed by atoms with Crippen LogP contribution >= 0.6 is 11.3 Å². The van der Waals surface area contributed by atoms with Crippen LogP contribution in [0.5, 0.6) is 0 Å². The first-order valence-corrected chi connectivity index (χ1v) is 14.3. The molecule has 0 radical (unpaired) electrons. The molecule has 9 nitrogen and oxygen atoms in total. The molecule has 0 spiro atoms. The van der Waals surface area contributed by atoms with Gasteiger partial charge in [-0.05, 0) is 75.5 Å². The van der Waals surface area contributed by atoms with Gasteiger partial charge in [0.1, 0.15) is 0 Å². The van der Waals surface area contributed by atoms with Crippen molar-refractivity contribution in [2.75, 3.05) is 72.6 Å². The average Bonchev–Trinajstić information content (AvgIpc) is 3.26. The smallest absolute Gasteiger partial charge is 0.260 e. The number of carbonyl (C=O) groups is 1. The van der Waals surface area contributed by atoms with Gasteiger partial charge in [0.25, 0.3) is 5.91 Å². The fourth-order valence-corrected chi connectivity index (χ4v) is 6.16. The maximum absolute atomic E-state index is 13.6. The second-order valence-corrected chi connectivity index (χ2v) is 12.0. The molecule has 3 aromatic rings. The van der Waals surface area contributed by atoms with E-state index in [1.54, 1.807) is 17.0 Å². The number of likely N-dealkylation sites (N-methyl/N-ethyl adjacent to an activating group) is 1. The summed E-state index contributed by atoms with van der Waals surface area (Å²) in [5, 5.41) is 0.619. The maximum Gasteiger partial charge on any atom is 0.260 e. The number of hydrogen-bond acceptors (Lipinski definition) is 8. The number of rotatable bonds is 13. The normalized spacial score (nSPS) is 12.1. The van der Waals surface area contributed by atoms with Crippen LogP contribution in [0.25, 0.3) is 10.2 Å². The van der Waals surface area contributed by atoms with Crippen molar-refractivity contribution in [1.82, 2.24) is 14.2 Å². The first-order chi connectivity index (χ1) is 17.6. The number of fused-ring (bicyclic) bond motifs is 1. The lowest BCUT2D eigenvalue weighted by Gasteiger charge is -2.23. The van der Waals surface area contributed by atoms with Gasteiger partial charge in [0, 0.05) is 46.0 Å². The van der Waals surface area contributed by atoms with E-state index < -0.39 is 10.0 Å². The van der Waals surface area contributed by atoms with Crippen molar-refractivity contribution >= 4 is 42.6 Å². The summed E-state index contributed by atoms with van der Waals surface area (Å²) in [5.41, 5.74) is 3.58. The summed E-state index contributed by atoms with van der Waals surface area (Å²) in [6.07, 6.45) is 0. The highest BCUT2D eigenvalue weighted by molar-refractivity contribution is 7.89. The highest BCUT2D eigenvalue weighted by Crippen LogP contribution is 2.31. The number of aryl methyl sites for hydroxylation is 2. The van der Waals surface area contributed by atoms with Crippen LogP contribution in [0.1, 0.15) is 21.5 Å². The number of ether oxygens (including phenoxy) is 2. The molecular formula is C26H36N4O5S2. The number of nitrogens with zero attached hydrogens (tertiary/aromatic N) is 4. The largest absolute Gasteiger partial charge is 0.383 e. The summed E-state index contributed by atoms with van der Waals surface area (Å²) in [4.78, 5) is 22.2. The molecular weight excluding hydrogens is 512 g/mol. The number of anilines is 1. The topological polar surface area (TPSA) is 92.3 Å². The Bertz CT molecular complexity index is 1260. The van der Waals surface area contributed by atoms with Crippen molar-refractivity contribution in [3.8, 4) is 0 Å². The van der Waals surface area contributed by atoms with Crippen molar-refractivity contribution in [3.05, 3.63) is 53.1 Å². The molecule has 0 N–H and O–H groups in total. The molecule has 0 saturated carbocycles. The standard InChI is InChI=1S/C26H36N4O5S2/c1-19-17-23-24(18-20(19)2)36-26(27-23)30(12-11-28(3)4)25(31)21-7-9-22(10-8-21)37(32,33)29(13-15-34-5)14-16-35-6/h7-10,17-18H,11-16H2,1-6H3. The van der Waals surface area contributed by atoms with Gasteiger partial charge in [-0.2, -0.15) is 4.31 Å². The van der Waals surface area contributed by atoms with E-state index in [2.05, 4.69) is 13.0 Å². The van der Waals surface area contributed by atoms with Gasteiger partial charge in [0.2, 0.25) is 10.0 Å². The second-order valence-electron chi connectivity index (χ2n) is 9.07. The Labute approximate surface area is 223 Å². The van der Waals surface area contributed by atoms with Crippen LogP contribution in [0, 0.1) is 13.8 Å². The third-order valence-corrected chi connectivity index (χ3v) is 9.02. The van der Waals surface area contributed by atoms with Crippen LogP contribution in [0.15, 0.2) is 41.3 Å². The fourth-order valence-electron chi connectivity index (χ4n) is 3.68. The summed E-state index contributed by atoms with van der Waals surface area (Å²) in [6, 6.07) is 10.2. The molecule has 202 valence electrons. The number of benzene rings is 2. The number of thiazole rings is 1. The zero-order valence-electron chi connectivity index (χ0n) is 22.4. The van der Waals surface area contributed by atoms with Crippen LogP contribution in [0.3, 0.4) is 0 Å². The fraction of sp³-hybridized carbons (Fsp3) is 0.462. The molecule has 0 aliphatic heterocycles. The monoisotopic (exact) mass is 548 g/mol. The van der Waals surface area contributed by atoms with Gasteiger partial charge in [-0.25, -0.2) is 13.4 Å². The molecule has 2 aromatic carbocycles. The molecule has 1 aromatic heterocycles. The molecule has 0 saturated heterocycles. The Hall–Kier alpha value is -2.41. The Morgan fingerprint density at radius 3 is 2.08 bits per heavy atom. The highest BCUT2D eigenvalue weighted by atomic mass is 32.2. The second kappa shape index (κ2) is 12.9. The molecule has 0 aliphatic rings. The summed E-state index contributed by atoms with van der Waals surface area (Å²) >= 11 is 1.48. The van der Waals surface area contributed by atoms with Gasteiger partial charge in [0.05, 0.1) is 28.3 Å². The number of amides is 1. The zero-order valence-corrected chi connectivity index (χ0v) is 24.0. The lowest BCUT2D eigenvalue weighted by Crippen LogP contribution is -2.37. The number of aromatic nitrogens is 1. The molecule has 0 atom stereocenters. The van der Waals surface area contributed by atoms with E-state index in [1.165, 1.54) is 47.6 Å². The van der Waals surface area contributed by atoms with Gasteiger partial charge >= 0.3 is 0 Å². The predicted molar refractivity (Wildman–Crippen MR) is 148 cm³/mol. The van der Waals surface area contributed by atoms with E-state index in [1.807, 2.05) is 32.0 Å². The molecule has 0 bridgehead atoms. The molecule has 0 unspecified atom stereocenters. The molecule has 11 heteroatoms. The van der Waals surface area contributed by atoms with Crippen LogP contribution in [-0.2, 0) is 19.5 Å². The Kier molecular flexibility index (Phi) is 10.2. The first-order valence-electron chi connectivity index (χ1n) is 12.0. The summed E-state index contributed by atoms with van der Waals surface area (Å²) in [5.74, 6) is -0.228. The minimum atomic E-state index is -3.78. The molecule has 37 heavy (non-hydrogen) atoms. The Morgan fingerprint density at radius 2 is 1.51 bits per heavy atom. The molecule has 0 aliphatic carbocycles. The van der Waals surface area contributed by atoms with Gasteiger partial charge < -0.3 is 14.4 Å². The van der Waals surface area contributed by atoms with Crippen LogP contribution in [0.4, 0.5) is 5.13 Å². The molecule has 1 amide bonds. The van der Waals surface area contributed by atoms with Crippen molar-refractivity contribution in [2.45, 2.75) is 18.7 Å². The third kappa shape index (κ3) is 7.13. The summed E-state index contributed by atoms with van der Waals surface area (Å²) in [6.45, 7) is 6.15. The number of methoxy groups -OCH3 is 2. The third-order valence-electron chi connectivity index (χ3n) is 6.07. The minimum Gasteiger partial charge on any atom is -0.383 e. The van der Waals surface area contributed by atoms with Crippen LogP contribution < -0.4 is 4.90 Å². The Morgan fingerprint density at radius 1 is 0.919 bits per heavy atom. The molecule has 0 fully saturated rings. The first kappa shape index (κ1) is 29.2. The van der Waals surface area contributed by atoms with Gasteiger partial charge in [0.15, 0.2) is 5.13 Å². The number of sulfonamides is 1. The average molecular weight is 549 g/mol. The zero-order chi connectivity index (χ0) is 27.2. The van der Waals surface area contributed by atoms with Crippen molar-refractivity contribution in [2.24, 2.45) is 0 Å². The van der Waals surface area contributed by atoms with Gasteiger partial charge in [-0.1, -0.05) is 11.3 Å². The molecule has 3 rings (SSSR count). The van der Waals surface area contributed by atoms with Crippen molar-refractivity contribution in [3.63, 3.8) is 0 Å². The van der Waals surface area contributed by atoms with Gasteiger partial charge in [-0.15, -0.1) is 0 Å². The predicted octanol–water partition coefficient (Wildman–Crippen LogP) is 3.41. The Balaban J connectivity index is 1.91. The van der Waals surface area contributed by atoms with E-state index in [4.69, 9.17) is 14.5 Å². The summed E-state index contributed by atoms with van der Waals surface area (Å²) in [7, 11) is 3.18.